The number of methoxy groups -OCH3 is 1. The molecule has 0 aliphatic carbocycles. The van der Waals surface area contributed by atoms with Crippen LogP contribution in [0.2, 0.25) is 0 Å². The van der Waals surface area contributed by atoms with Crippen LogP contribution in [0.4, 0.5) is 0 Å². The topological polar surface area (TPSA) is 53.0 Å². The van der Waals surface area contributed by atoms with Gasteiger partial charge in [-0.1, -0.05) is 24.3 Å². The predicted molar refractivity (Wildman–Crippen MR) is 96.7 cm³/mol. The highest BCUT2D eigenvalue weighted by molar-refractivity contribution is 5.91. The van der Waals surface area contributed by atoms with Gasteiger partial charge in [-0.3, -0.25) is 9.80 Å². The van der Waals surface area contributed by atoms with Gasteiger partial charge in [-0.15, -0.1) is 0 Å². The zero-order valence-electron chi connectivity index (χ0n) is 15.0. The van der Waals surface area contributed by atoms with E-state index in [0.29, 0.717) is 12.3 Å². The SMILES string of the molecule is COc1ccc(CN(C)Cc2ccc3c(c2)CN(C)C3)cc1C(=O)O. The van der Waals surface area contributed by atoms with E-state index in [-0.39, 0.29) is 5.56 Å². The van der Waals surface area contributed by atoms with Gasteiger partial charge in [-0.2, -0.15) is 0 Å². The second-order valence-corrected chi connectivity index (χ2v) is 6.79. The normalized spacial score (nSPS) is 13.9. The number of hydrogen-bond acceptors (Lipinski definition) is 4. The summed E-state index contributed by atoms with van der Waals surface area (Å²) in [5.74, 6) is -0.578. The van der Waals surface area contributed by atoms with E-state index in [9.17, 15) is 9.90 Å². The first kappa shape index (κ1) is 17.5. The van der Waals surface area contributed by atoms with Gasteiger partial charge in [0.1, 0.15) is 11.3 Å². The minimum absolute atomic E-state index is 0.203. The van der Waals surface area contributed by atoms with Gasteiger partial charge in [0, 0.05) is 26.2 Å². The van der Waals surface area contributed by atoms with Crippen LogP contribution in [0.15, 0.2) is 36.4 Å². The first-order valence-electron chi connectivity index (χ1n) is 8.34. The maximum atomic E-state index is 11.3. The van der Waals surface area contributed by atoms with Crippen LogP contribution in [0.25, 0.3) is 0 Å². The molecule has 0 atom stereocenters. The molecule has 0 spiro atoms. The van der Waals surface area contributed by atoms with Crippen LogP contribution in [0.3, 0.4) is 0 Å². The monoisotopic (exact) mass is 340 g/mol. The number of carboxylic acids is 1. The molecule has 0 bridgehead atoms. The Morgan fingerprint density at radius 1 is 1.12 bits per heavy atom. The molecule has 0 amide bonds. The van der Waals surface area contributed by atoms with Gasteiger partial charge >= 0.3 is 5.97 Å². The Labute approximate surface area is 148 Å². The molecule has 1 heterocycles. The van der Waals surface area contributed by atoms with Gasteiger partial charge in [0.2, 0.25) is 0 Å². The molecule has 1 aliphatic rings. The van der Waals surface area contributed by atoms with Crippen LogP contribution in [0, 0.1) is 0 Å². The number of carbonyl (C=O) groups is 1. The third-order valence-corrected chi connectivity index (χ3v) is 4.55. The van der Waals surface area contributed by atoms with E-state index in [4.69, 9.17) is 4.74 Å². The van der Waals surface area contributed by atoms with Crippen LogP contribution in [-0.4, -0.2) is 42.1 Å². The van der Waals surface area contributed by atoms with Crippen LogP contribution in [0.5, 0.6) is 5.75 Å². The molecule has 5 nitrogen and oxygen atoms in total. The third kappa shape index (κ3) is 4.00. The van der Waals surface area contributed by atoms with Gasteiger partial charge in [-0.25, -0.2) is 4.79 Å². The fourth-order valence-electron chi connectivity index (χ4n) is 3.42. The van der Waals surface area contributed by atoms with Crippen LogP contribution in [0.1, 0.15) is 32.6 Å². The second kappa shape index (κ2) is 7.25. The summed E-state index contributed by atoms with van der Waals surface area (Å²) >= 11 is 0. The molecule has 2 aromatic carbocycles. The fraction of sp³-hybridized carbons (Fsp3) is 0.350. The van der Waals surface area contributed by atoms with Crippen molar-refractivity contribution in [3.8, 4) is 5.75 Å². The molecular weight excluding hydrogens is 316 g/mol. The Kier molecular flexibility index (Phi) is 5.06. The largest absolute Gasteiger partial charge is 0.496 e. The summed E-state index contributed by atoms with van der Waals surface area (Å²) in [6, 6.07) is 12.0. The molecule has 0 radical (unpaired) electrons. The van der Waals surface area contributed by atoms with Crippen molar-refractivity contribution in [2.24, 2.45) is 0 Å². The minimum Gasteiger partial charge on any atom is -0.496 e. The number of carboxylic acid groups (broad SMARTS) is 1. The predicted octanol–water partition coefficient (Wildman–Crippen LogP) is 2.97. The van der Waals surface area contributed by atoms with Crippen molar-refractivity contribution in [1.29, 1.82) is 0 Å². The number of hydrogen-bond donors (Lipinski definition) is 1. The molecule has 132 valence electrons. The summed E-state index contributed by atoms with van der Waals surface area (Å²) in [5, 5.41) is 9.30. The Morgan fingerprint density at radius 2 is 1.76 bits per heavy atom. The Balaban J connectivity index is 1.69. The van der Waals surface area contributed by atoms with Crippen molar-refractivity contribution < 1.29 is 14.6 Å². The van der Waals surface area contributed by atoms with Gasteiger partial charge in [-0.05, 0) is 48.5 Å². The highest BCUT2D eigenvalue weighted by Crippen LogP contribution is 2.24. The molecule has 1 aliphatic heterocycles. The molecule has 0 unspecified atom stereocenters. The van der Waals surface area contributed by atoms with Crippen molar-refractivity contribution >= 4 is 5.97 Å². The number of ether oxygens (including phenoxy) is 1. The summed E-state index contributed by atoms with van der Waals surface area (Å²) in [4.78, 5) is 15.8. The highest BCUT2D eigenvalue weighted by atomic mass is 16.5. The maximum Gasteiger partial charge on any atom is 0.339 e. The lowest BCUT2D eigenvalue weighted by Gasteiger charge is -2.18. The average molecular weight is 340 g/mol. The second-order valence-electron chi connectivity index (χ2n) is 6.79. The van der Waals surface area contributed by atoms with Crippen molar-refractivity contribution in [3.63, 3.8) is 0 Å². The first-order chi connectivity index (χ1) is 12.0. The summed E-state index contributed by atoms with van der Waals surface area (Å²) in [6.07, 6.45) is 0. The summed E-state index contributed by atoms with van der Waals surface area (Å²) in [5.41, 5.74) is 5.26. The molecule has 25 heavy (non-hydrogen) atoms. The molecule has 3 rings (SSSR count). The Bertz CT molecular complexity index is 789. The lowest BCUT2D eigenvalue weighted by molar-refractivity contribution is 0.0693. The molecule has 2 aromatic rings. The van der Waals surface area contributed by atoms with E-state index in [1.165, 1.54) is 23.8 Å². The Hall–Kier alpha value is -2.37. The zero-order chi connectivity index (χ0) is 18.0. The standard InChI is InChI=1S/C20H24N2O3/c1-21(10-14-4-6-16-12-22(2)13-17(16)8-14)11-15-5-7-19(25-3)18(9-15)20(23)24/h4-9H,10-13H2,1-3H3,(H,23,24). The lowest BCUT2D eigenvalue weighted by atomic mass is 10.1. The van der Waals surface area contributed by atoms with E-state index in [0.717, 1.165) is 25.2 Å². The molecule has 0 saturated heterocycles. The molecule has 0 aromatic heterocycles. The number of benzene rings is 2. The third-order valence-electron chi connectivity index (χ3n) is 4.55. The number of aromatic carboxylic acids is 1. The van der Waals surface area contributed by atoms with Crippen molar-refractivity contribution in [3.05, 3.63) is 64.2 Å². The molecule has 5 heteroatoms. The maximum absolute atomic E-state index is 11.3. The van der Waals surface area contributed by atoms with E-state index >= 15 is 0 Å². The first-order valence-corrected chi connectivity index (χ1v) is 8.34. The fourth-order valence-corrected chi connectivity index (χ4v) is 3.42. The molecule has 0 saturated carbocycles. The molecular formula is C20H24N2O3. The van der Waals surface area contributed by atoms with Crippen molar-refractivity contribution in [2.75, 3.05) is 21.2 Å². The number of fused-ring (bicyclic) bond motifs is 1. The quantitative estimate of drug-likeness (QED) is 0.876. The van der Waals surface area contributed by atoms with Crippen molar-refractivity contribution in [1.82, 2.24) is 9.80 Å². The molecule has 1 N–H and O–H groups in total. The highest BCUT2D eigenvalue weighted by Gasteiger charge is 2.16. The van der Waals surface area contributed by atoms with E-state index in [1.54, 1.807) is 12.1 Å². The van der Waals surface area contributed by atoms with Gasteiger partial charge < -0.3 is 9.84 Å². The van der Waals surface area contributed by atoms with E-state index in [1.807, 2.05) is 13.1 Å². The average Bonchev–Trinajstić information content (AvgIpc) is 2.94. The summed E-state index contributed by atoms with van der Waals surface area (Å²) in [6.45, 7) is 3.54. The smallest absolute Gasteiger partial charge is 0.339 e. The van der Waals surface area contributed by atoms with Crippen LogP contribution in [-0.2, 0) is 26.2 Å². The minimum atomic E-state index is -0.968. The van der Waals surface area contributed by atoms with Gasteiger partial charge in [0.15, 0.2) is 0 Å². The van der Waals surface area contributed by atoms with Crippen LogP contribution < -0.4 is 4.74 Å². The van der Waals surface area contributed by atoms with Crippen molar-refractivity contribution in [2.45, 2.75) is 26.2 Å². The summed E-state index contributed by atoms with van der Waals surface area (Å²) in [7, 11) is 5.67. The van der Waals surface area contributed by atoms with E-state index in [2.05, 4.69) is 35.0 Å². The number of rotatable bonds is 6. The lowest BCUT2D eigenvalue weighted by Crippen LogP contribution is -2.17. The van der Waals surface area contributed by atoms with Crippen LogP contribution >= 0.6 is 0 Å². The van der Waals surface area contributed by atoms with E-state index < -0.39 is 5.97 Å². The Morgan fingerprint density at radius 3 is 2.44 bits per heavy atom. The van der Waals surface area contributed by atoms with Gasteiger partial charge in [0.05, 0.1) is 7.11 Å². The van der Waals surface area contributed by atoms with Gasteiger partial charge in [0.25, 0.3) is 0 Å². The molecule has 0 fully saturated rings. The number of nitrogens with zero attached hydrogens (tertiary/aromatic N) is 2. The zero-order valence-corrected chi connectivity index (χ0v) is 15.0. The summed E-state index contributed by atoms with van der Waals surface area (Å²) < 4.78 is 5.12.